The van der Waals surface area contributed by atoms with Gasteiger partial charge in [-0.15, -0.1) is 35.3 Å². The van der Waals surface area contributed by atoms with E-state index in [1.807, 2.05) is 33.0 Å². The largest absolute Gasteiger partial charge is 0.494 e. The molecule has 2 rings (SSSR count). The Labute approximate surface area is 177 Å². The van der Waals surface area contributed by atoms with Gasteiger partial charge in [0, 0.05) is 25.5 Å². The molecule has 0 saturated carbocycles. The predicted molar refractivity (Wildman–Crippen MR) is 121 cm³/mol. The highest BCUT2D eigenvalue weighted by molar-refractivity contribution is 14.0. The fraction of sp³-hybridized carbons (Fsp3) is 0.474. The first kappa shape index (κ1) is 22.7. The van der Waals surface area contributed by atoms with Crippen LogP contribution >= 0.6 is 35.3 Å². The minimum Gasteiger partial charge on any atom is -0.494 e. The second-order valence-electron chi connectivity index (χ2n) is 5.78. The normalized spacial score (nSPS) is 11.0. The number of benzene rings is 1. The van der Waals surface area contributed by atoms with E-state index in [0.717, 1.165) is 48.5 Å². The third-order valence-electron chi connectivity index (χ3n) is 3.63. The summed E-state index contributed by atoms with van der Waals surface area (Å²) in [7, 11) is 2.05. The maximum Gasteiger partial charge on any atom is 0.194 e. The number of thiazole rings is 1. The second-order valence-corrected chi connectivity index (χ2v) is 6.84. The molecule has 1 aromatic heterocycles. The number of halogens is 1. The highest BCUT2D eigenvalue weighted by Crippen LogP contribution is 2.14. The van der Waals surface area contributed by atoms with Crippen LogP contribution in [0.2, 0.25) is 0 Å². The molecule has 2 aromatic rings. The number of guanidine groups is 1. The third-order valence-corrected chi connectivity index (χ3v) is 4.46. The molecule has 0 aliphatic rings. The average Bonchev–Trinajstić information content (AvgIpc) is 2.99. The van der Waals surface area contributed by atoms with Crippen LogP contribution in [0, 0.1) is 6.92 Å². The number of nitrogens with one attached hydrogen (secondary N) is 1. The van der Waals surface area contributed by atoms with E-state index in [4.69, 9.17) is 9.73 Å². The summed E-state index contributed by atoms with van der Waals surface area (Å²) < 4.78 is 5.56. The first-order valence-corrected chi connectivity index (χ1v) is 9.62. The fourth-order valence-electron chi connectivity index (χ4n) is 2.52. The lowest BCUT2D eigenvalue weighted by Gasteiger charge is -2.21. The summed E-state index contributed by atoms with van der Waals surface area (Å²) in [5.41, 5.74) is 2.32. The number of aryl methyl sites for hydroxylation is 1. The van der Waals surface area contributed by atoms with Gasteiger partial charge in [0.15, 0.2) is 5.96 Å². The minimum atomic E-state index is 0. The molecule has 1 N–H and O–H groups in total. The van der Waals surface area contributed by atoms with Crippen molar-refractivity contribution in [3.05, 3.63) is 45.9 Å². The quantitative estimate of drug-likeness (QED) is 0.345. The van der Waals surface area contributed by atoms with Gasteiger partial charge in [0.1, 0.15) is 5.75 Å². The van der Waals surface area contributed by atoms with Crippen molar-refractivity contribution in [2.45, 2.75) is 33.7 Å². The molecule has 0 bridgehead atoms. The molecule has 1 aromatic carbocycles. The summed E-state index contributed by atoms with van der Waals surface area (Å²) in [5.74, 6) is 1.83. The van der Waals surface area contributed by atoms with Crippen LogP contribution in [0.4, 0.5) is 0 Å². The molecule has 0 radical (unpaired) electrons. The molecule has 0 amide bonds. The van der Waals surface area contributed by atoms with E-state index in [1.165, 1.54) is 5.56 Å². The van der Waals surface area contributed by atoms with Gasteiger partial charge in [0.25, 0.3) is 0 Å². The van der Waals surface area contributed by atoms with Crippen LogP contribution in [0.15, 0.2) is 34.6 Å². The predicted octanol–water partition coefficient (Wildman–Crippen LogP) is 4.11. The molecule has 0 spiro atoms. The number of aromatic nitrogens is 1. The highest BCUT2D eigenvalue weighted by atomic mass is 127. The standard InChI is InChI=1S/C19H28N4OS.HI/c1-5-20-19(23(4)13-17-14-25-15(3)22-17)21-11-10-16-8-7-9-18(12-16)24-6-2;/h7-9,12,14H,5-6,10-11,13H2,1-4H3,(H,20,21);1H. The number of ether oxygens (including phenoxy) is 1. The van der Waals surface area contributed by atoms with E-state index in [-0.39, 0.29) is 24.0 Å². The van der Waals surface area contributed by atoms with Crippen LogP contribution in [0.25, 0.3) is 0 Å². The summed E-state index contributed by atoms with van der Waals surface area (Å²) in [5, 5.41) is 6.56. The zero-order valence-corrected chi connectivity index (χ0v) is 19.1. The molecule has 5 nitrogen and oxygen atoms in total. The first-order valence-electron chi connectivity index (χ1n) is 8.74. The van der Waals surface area contributed by atoms with Crippen molar-refractivity contribution in [1.29, 1.82) is 0 Å². The van der Waals surface area contributed by atoms with Gasteiger partial charge in [0.05, 0.1) is 23.9 Å². The van der Waals surface area contributed by atoms with Crippen molar-refractivity contribution in [2.75, 3.05) is 26.7 Å². The summed E-state index contributed by atoms with van der Waals surface area (Å²) in [6.45, 7) is 9.14. The van der Waals surface area contributed by atoms with Crippen molar-refractivity contribution < 1.29 is 4.74 Å². The van der Waals surface area contributed by atoms with Gasteiger partial charge in [-0.25, -0.2) is 4.98 Å². The van der Waals surface area contributed by atoms with Gasteiger partial charge < -0.3 is 15.0 Å². The summed E-state index contributed by atoms with van der Waals surface area (Å²) in [6, 6.07) is 8.23. The molecule has 0 unspecified atom stereocenters. The van der Waals surface area contributed by atoms with E-state index >= 15 is 0 Å². The molecule has 26 heavy (non-hydrogen) atoms. The Morgan fingerprint density at radius 2 is 2.15 bits per heavy atom. The molecule has 144 valence electrons. The zero-order chi connectivity index (χ0) is 18.1. The van der Waals surface area contributed by atoms with Gasteiger partial charge in [-0.2, -0.15) is 0 Å². The summed E-state index contributed by atoms with van der Waals surface area (Å²) in [6.07, 6.45) is 0.888. The monoisotopic (exact) mass is 488 g/mol. The maximum absolute atomic E-state index is 5.56. The Hall–Kier alpha value is -1.35. The van der Waals surface area contributed by atoms with Crippen LogP contribution in [-0.2, 0) is 13.0 Å². The van der Waals surface area contributed by atoms with Gasteiger partial charge in [-0.05, 0) is 44.9 Å². The van der Waals surface area contributed by atoms with E-state index in [0.29, 0.717) is 6.61 Å². The number of hydrogen-bond acceptors (Lipinski definition) is 4. The maximum atomic E-state index is 5.56. The summed E-state index contributed by atoms with van der Waals surface area (Å²) in [4.78, 5) is 11.4. The van der Waals surface area contributed by atoms with Crippen LogP contribution in [0.5, 0.6) is 5.75 Å². The number of rotatable bonds is 8. The smallest absolute Gasteiger partial charge is 0.194 e. The second kappa shape index (κ2) is 12.1. The van der Waals surface area contributed by atoms with Crippen LogP contribution in [-0.4, -0.2) is 42.6 Å². The zero-order valence-electron chi connectivity index (χ0n) is 16.0. The average molecular weight is 488 g/mol. The SMILES string of the molecule is CCNC(=NCCc1cccc(OCC)c1)N(C)Cc1csc(C)n1.I. The third kappa shape index (κ3) is 7.49. The van der Waals surface area contributed by atoms with Crippen LogP contribution < -0.4 is 10.1 Å². The Morgan fingerprint density at radius 3 is 2.81 bits per heavy atom. The van der Waals surface area contributed by atoms with Crippen LogP contribution in [0.1, 0.15) is 30.1 Å². The Morgan fingerprint density at radius 1 is 1.35 bits per heavy atom. The summed E-state index contributed by atoms with van der Waals surface area (Å²) >= 11 is 1.68. The van der Waals surface area contributed by atoms with Crippen molar-refractivity contribution >= 4 is 41.3 Å². The van der Waals surface area contributed by atoms with Crippen molar-refractivity contribution in [3.8, 4) is 5.75 Å². The molecule has 0 aliphatic heterocycles. The molecule has 7 heteroatoms. The lowest BCUT2D eigenvalue weighted by atomic mass is 10.1. The van der Waals surface area contributed by atoms with Crippen molar-refractivity contribution in [3.63, 3.8) is 0 Å². The molecule has 1 heterocycles. The fourth-order valence-corrected chi connectivity index (χ4v) is 3.12. The van der Waals surface area contributed by atoms with Gasteiger partial charge in [0.2, 0.25) is 0 Å². The van der Waals surface area contributed by atoms with Crippen LogP contribution in [0.3, 0.4) is 0 Å². The molecular formula is C19H29IN4OS. The Kier molecular flexibility index (Phi) is 10.6. The van der Waals surface area contributed by atoms with Gasteiger partial charge in [-0.1, -0.05) is 12.1 Å². The Bertz CT molecular complexity index is 690. The topological polar surface area (TPSA) is 49.8 Å². The molecule has 0 aliphatic carbocycles. The van der Waals surface area contributed by atoms with Crippen molar-refractivity contribution in [2.24, 2.45) is 4.99 Å². The molecule has 0 saturated heterocycles. The molecule has 0 fully saturated rings. The van der Waals surface area contributed by atoms with Gasteiger partial charge >= 0.3 is 0 Å². The first-order chi connectivity index (χ1) is 12.1. The number of hydrogen-bond donors (Lipinski definition) is 1. The van der Waals surface area contributed by atoms with E-state index in [2.05, 4.69) is 39.6 Å². The molecule has 0 atom stereocenters. The van der Waals surface area contributed by atoms with E-state index < -0.39 is 0 Å². The number of aliphatic imine (C=N–C) groups is 1. The lowest BCUT2D eigenvalue weighted by molar-refractivity contribution is 0.340. The highest BCUT2D eigenvalue weighted by Gasteiger charge is 2.08. The lowest BCUT2D eigenvalue weighted by Crippen LogP contribution is -2.38. The minimum absolute atomic E-state index is 0. The molecular weight excluding hydrogens is 459 g/mol. The Balaban J connectivity index is 0.00000338. The van der Waals surface area contributed by atoms with Crippen molar-refractivity contribution in [1.82, 2.24) is 15.2 Å². The van der Waals surface area contributed by atoms with E-state index in [9.17, 15) is 0 Å². The van der Waals surface area contributed by atoms with Gasteiger partial charge in [-0.3, -0.25) is 4.99 Å². The van der Waals surface area contributed by atoms with E-state index in [1.54, 1.807) is 11.3 Å². The number of nitrogens with zero attached hydrogens (tertiary/aromatic N) is 3.